The van der Waals surface area contributed by atoms with E-state index in [-0.39, 0.29) is 11.7 Å². The molecule has 0 aliphatic rings. The van der Waals surface area contributed by atoms with Gasteiger partial charge >= 0.3 is 0 Å². The normalized spacial score (nSPS) is 10.9. The van der Waals surface area contributed by atoms with Crippen molar-refractivity contribution in [1.82, 2.24) is 15.6 Å². The van der Waals surface area contributed by atoms with Gasteiger partial charge in [0.2, 0.25) is 5.75 Å². The Morgan fingerprint density at radius 2 is 1.67 bits per heavy atom. The van der Waals surface area contributed by atoms with Gasteiger partial charge in [0, 0.05) is 11.3 Å². The van der Waals surface area contributed by atoms with Crippen molar-refractivity contribution >= 4 is 47.0 Å². The summed E-state index contributed by atoms with van der Waals surface area (Å²) in [5, 5.41) is 12.3. The van der Waals surface area contributed by atoms with Gasteiger partial charge in [0.25, 0.3) is 5.91 Å². The van der Waals surface area contributed by atoms with E-state index in [2.05, 4.69) is 51.9 Å². The Kier molecular flexibility index (Phi) is 9.40. The van der Waals surface area contributed by atoms with Crippen LogP contribution in [0.3, 0.4) is 0 Å². The number of hydrogen-bond donors (Lipinski definition) is 1. The molecule has 174 valence electrons. The van der Waals surface area contributed by atoms with Crippen molar-refractivity contribution in [1.29, 1.82) is 0 Å². The van der Waals surface area contributed by atoms with Gasteiger partial charge < -0.3 is 14.2 Å². The molecular weight excluding hydrogens is 480 g/mol. The molecule has 2 aromatic carbocycles. The SMILES string of the molecule is COc1cc(C=NNC(=O)CSc2nnc(SCc3ccc(C)cc3)s2)cc(OC)c1OC. The Morgan fingerprint density at radius 1 is 1.03 bits per heavy atom. The molecule has 0 bridgehead atoms. The van der Waals surface area contributed by atoms with Crippen molar-refractivity contribution in [3.63, 3.8) is 0 Å². The van der Waals surface area contributed by atoms with Crippen LogP contribution >= 0.6 is 34.9 Å². The summed E-state index contributed by atoms with van der Waals surface area (Å²) >= 11 is 4.43. The van der Waals surface area contributed by atoms with Gasteiger partial charge in [-0.25, -0.2) is 5.43 Å². The van der Waals surface area contributed by atoms with Gasteiger partial charge in [0.15, 0.2) is 20.2 Å². The Morgan fingerprint density at radius 3 is 2.27 bits per heavy atom. The van der Waals surface area contributed by atoms with Crippen LogP contribution < -0.4 is 19.6 Å². The van der Waals surface area contributed by atoms with Crippen LogP contribution in [0.5, 0.6) is 17.2 Å². The quantitative estimate of drug-likeness (QED) is 0.233. The molecule has 1 aromatic heterocycles. The van der Waals surface area contributed by atoms with Crippen LogP contribution in [-0.2, 0) is 10.5 Å². The Bertz CT molecular complexity index is 1080. The number of nitrogens with zero attached hydrogens (tertiary/aromatic N) is 3. The lowest BCUT2D eigenvalue weighted by Gasteiger charge is -2.12. The number of aryl methyl sites for hydroxylation is 1. The van der Waals surface area contributed by atoms with Gasteiger partial charge in [-0.2, -0.15) is 5.10 Å². The number of ether oxygens (including phenoxy) is 3. The third kappa shape index (κ3) is 7.37. The van der Waals surface area contributed by atoms with Gasteiger partial charge in [-0.1, -0.05) is 64.7 Å². The fourth-order valence-electron chi connectivity index (χ4n) is 2.66. The maximum atomic E-state index is 12.1. The molecule has 0 fully saturated rings. The predicted molar refractivity (Wildman–Crippen MR) is 133 cm³/mol. The summed E-state index contributed by atoms with van der Waals surface area (Å²) in [4.78, 5) is 12.1. The van der Waals surface area contributed by atoms with Crippen LogP contribution in [0.4, 0.5) is 0 Å². The van der Waals surface area contributed by atoms with Crippen molar-refractivity contribution < 1.29 is 19.0 Å². The average molecular weight is 505 g/mol. The second kappa shape index (κ2) is 12.5. The Hall–Kier alpha value is -2.76. The molecule has 1 N–H and O–H groups in total. The van der Waals surface area contributed by atoms with Crippen LogP contribution in [0.2, 0.25) is 0 Å². The molecule has 1 heterocycles. The lowest BCUT2D eigenvalue weighted by atomic mass is 10.2. The standard InChI is InChI=1S/C22H24N4O4S3/c1-14-5-7-15(8-6-14)12-31-21-25-26-22(33-21)32-13-19(27)24-23-11-16-9-17(28-2)20(30-4)18(10-16)29-3/h5-11H,12-13H2,1-4H3,(H,24,27). The van der Waals surface area contributed by atoms with E-state index < -0.39 is 0 Å². The number of rotatable bonds is 11. The largest absolute Gasteiger partial charge is 0.493 e. The molecule has 3 rings (SSSR count). The number of hydrogen-bond acceptors (Lipinski definition) is 10. The van der Waals surface area contributed by atoms with E-state index in [9.17, 15) is 4.79 Å². The molecule has 0 atom stereocenters. The van der Waals surface area contributed by atoms with Crippen LogP contribution in [0, 0.1) is 6.92 Å². The highest BCUT2D eigenvalue weighted by Gasteiger charge is 2.12. The van der Waals surface area contributed by atoms with Crippen molar-refractivity contribution in [3.8, 4) is 17.2 Å². The second-order valence-electron chi connectivity index (χ2n) is 6.65. The zero-order valence-electron chi connectivity index (χ0n) is 18.7. The minimum Gasteiger partial charge on any atom is -0.493 e. The molecule has 0 aliphatic carbocycles. The highest BCUT2D eigenvalue weighted by molar-refractivity contribution is 8.03. The lowest BCUT2D eigenvalue weighted by molar-refractivity contribution is -0.118. The summed E-state index contributed by atoms with van der Waals surface area (Å²) in [7, 11) is 4.62. The summed E-state index contributed by atoms with van der Waals surface area (Å²) in [5.41, 5.74) is 5.68. The first-order valence-corrected chi connectivity index (χ1v) is 12.6. The maximum Gasteiger partial charge on any atom is 0.250 e. The minimum atomic E-state index is -0.243. The van der Waals surface area contributed by atoms with Gasteiger partial charge in [-0.05, 0) is 24.6 Å². The minimum absolute atomic E-state index is 0.184. The molecule has 3 aromatic rings. The summed E-state index contributed by atoms with van der Waals surface area (Å²) in [6.07, 6.45) is 1.51. The van der Waals surface area contributed by atoms with E-state index >= 15 is 0 Å². The molecular formula is C22H24N4O4S3. The molecule has 1 amide bonds. The van der Waals surface area contributed by atoms with E-state index in [1.807, 2.05) is 0 Å². The van der Waals surface area contributed by atoms with Crippen molar-refractivity contribution in [3.05, 3.63) is 53.1 Å². The van der Waals surface area contributed by atoms with E-state index in [0.29, 0.717) is 22.8 Å². The second-order valence-corrected chi connectivity index (χ2v) is 10.1. The molecule has 33 heavy (non-hydrogen) atoms. The number of hydrazone groups is 1. The fraction of sp³-hybridized carbons (Fsp3) is 0.273. The topological polar surface area (TPSA) is 94.9 Å². The summed E-state index contributed by atoms with van der Waals surface area (Å²) in [6.45, 7) is 2.07. The molecule has 0 unspecified atom stereocenters. The number of benzene rings is 2. The predicted octanol–water partition coefficient (Wildman–Crippen LogP) is 4.41. The molecule has 0 spiro atoms. The van der Waals surface area contributed by atoms with Crippen LogP contribution in [-0.4, -0.2) is 49.4 Å². The lowest BCUT2D eigenvalue weighted by Crippen LogP contribution is -2.19. The van der Waals surface area contributed by atoms with Crippen molar-refractivity contribution in [2.75, 3.05) is 27.1 Å². The third-order valence-electron chi connectivity index (χ3n) is 4.29. The van der Waals surface area contributed by atoms with E-state index in [4.69, 9.17) is 14.2 Å². The number of methoxy groups -OCH3 is 3. The smallest absolute Gasteiger partial charge is 0.250 e. The molecule has 0 saturated heterocycles. The van der Waals surface area contributed by atoms with E-state index in [1.165, 1.54) is 61.8 Å². The zero-order valence-corrected chi connectivity index (χ0v) is 21.1. The number of nitrogens with one attached hydrogen (secondary N) is 1. The molecule has 0 saturated carbocycles. The fourth-order valence-corrected chi connectivity index (χ4v) is 5.43. The molecule has 8 nitrogen and oxygen atoms in total. The number of thioether (sulfide) groups is 2. The highest BCUT2D eigenvalue weighted by Crippen LogP contribution is 2.37. The summed E-state index contributed by atoms with van der Waals surface area (Å²) in [6, 6.07) is 11.9. The first-order chi connectivity index (χ1) is 16.0. The number of carbonyl (C=O) groups is 1. The summed E-state index contributed by atoms with van der Waals surface area (Å²) < 4.78 is 17.5. The van der Waals surface area contributed by atoms with Crippen LogP contribution in [0.1, 0.15) is 16.7 Å². The zero-order chi connectivity index (χ0) is 23.6. The molecule has 0 radical (unpaired) electrons. The molecule has 0 aliphatic heterocycles. The highest BCUT2D eigenvalue weighted by atomic mass is 32.2. The van der Waals surface area contributed by atoms with Crippen LogP contribution in [0.15, 0.2) is 50.2 Å². The molecule has 11 heteroatoms. The third-order valence-corrected chi connectivity index (χ3v) is 7.55. The van der Waals surface area contributed by atoms with Crippen LogP contribution in [0.25, 0.3) is 0 Å². The van der Waals surface area contributed by atoms with Gasteiger partial charge in [0.05, 0.1) is 33.3 Å². The Balaban J connectivity index is 1.47. The van der Waals surface area contributed by atoms with Gasteiger partial charge in [0.1, 0.15) is 0 Å². The monoisotopic (exact) mass is 504 g/mol. The van der Waals surface area contributed by atoms with Gasteiger partial charge in [-0.3, -0.25) is 4.79 Å². The number of carbonyl (C=O) groups excluding carboxylic acids is 1. The number of amides is 1. The Labute approximate surface area is 205 Å². The van der Waals surface area contributed by atoms with Crippen molar-refractivity contribution in [2.24, 2.45) is 5.10 Å². The average Bonchev–Trinajstić information content (AvgIpc) is 3.29. The number of aromatic nitrogens is 2. The first kappa shape index (κ1) is 24.9. The van der Waals surface area contributed by atoms with Crippen molar-refractivity contribution in [2.45, 2.75) is 21.4 Å². The van der Waals surface area contributed by atoms with Gasteiger partial charge in [-0.15, -0.1) is 10.2 Å². The summed E-state index contributed by atoms with van der Waals surface area (Å²) in [5.74, 6) is 2.28. The van der Waals surface area contributed by atoms with E-state index in [0.717, 1.165) is 14.4 Å². The maximum absolute atomic E-state index is 12.1. The van der Waals surface area contributed by atoms with E-state index in [1.54, 1.807) is 23.9 Å². The first-order valence-electron chi connectivity index (χ1n) is 9.79.